The fourth-order valence-corrected chi connectivity index (χ4v) is 1.58. The van der Waals surface area contributed by atoms with Gasteiger partial charge in [-0.25, -0.2) is 0 Å². The van der Waals surface area contributed by atoms with Crippen molar-refractivity contribution in [3.05, 3.63) is 35.9 Å². The van der Waals surface area contributed by atoms with Crippen LogP contribution in [0.1, 0.15) is 38.3 Å². The number of aliphatic hydroxyl groups is 1. The van der Waals surface area contributed by atoms with Gasteiger partial charge in [0, 0.05) is 0 Å². The smallest absolute Gasteiger partial charge is 0.0732 e. The Hall–Kier alpha value is -0.570. The lowest BCUT2D eigenvalue weighted by molar-refractivity contribution is 0.128. The Morgan fingerprint density at radius 3 is 2.19 bits per heavy atom. The molecule has 2 nitrogen and oxygen atoms in total. The van der Waals surface area contributed by atoms with E-state index in [0.29, 0.717) is 5.92 Å². The Morgan fingerprint density at radius 1 is 1.12 bits per heavy atom. The average molecular weight is 244 g/mol. The molecule has 0 unspecified atom stereocenters. The van der Waals surface area contributed by atoms with Gasteiger partial charge < -0.3 is 10.8 Å². The second kappa shape index (κ2) is 7.66. The molecule has 0 aromatic heterocycles. The molecule has 16 heavy (non-hydrogen) atoms. The second-order valence-corrected chi connectivity index (χ2v) is 4.48. The third kappa shape index (κ3) is 4.97. The van der Waals surface area contributed by atoms with Crippen LogP contribution in [0.2, 0.25) is 0 Å². The van der Waals surface area contributed by atoms with E-state index < -0.39 is 6.10 Å². The van der Waals surface area contributed by atoms with E-state index in [0.717, 1.165) is 18.4 Å². The first-order chi connectivity index (χ1) is 7.11. The summed E-state index contributed by atoms with van der Waals surface area (Å²) < 4.78 is 0. The quantitative estimate of drug-likeness (QED) is 0.836. The summed E-state index contributed by atoms with van der Waals surface area (Å²) in [7, 11) is 0. The van der Waals surface area contributed by atoms with Crippen LogP contribution in [0.5, 0.6) is 0 Å². The monoisotopic (exact) mass is 243 g/mol. The van der Waals surface area contributed by atoms with Crippen LogP contribution in [-0.2, 0) is 0 Å². The van der Waals surface area contributed by atoms with Crippen molar-refractivity contribution in [3.63, 3.8) is 0 Å². The maximum Gasteiger partial charge on any atom is 0.0732 e. The fourth-order valence-electron chi connectivity index (χ4n) is 1.58. The minimum atomic E-state index is -0.435. The van der Waals surface area contributed by atoms with E-state index in [9.17, 15) is 5.11 Å². The van der Waals surface area contributed by atoms with Gasteiger partial charge in [0.2, 0.25) is 0 Å². The number of benzene rings is 1. The van der Waals surface area contributed by atoms with Gasteiger partial charge in [0.1, 0.15) is 0 Å². The van der Waals surface area contributed by atoms with Crippen molar-refractivity contribution < 1.29 is 5.11 Å². The van der Waals surface area contributed by atoms with Gasteiger partial charge >= 0.3 is 0 Å². The largest absolute Gasteiger partial charge is 0.391 e. The molecule has 0 bridgehead atoms. The molecule has 0 aliphatic carbocycles. The zero-order valence-electron chi connectivity index (χ0n) is 9.97. The maximum absolute atomic E-state index is 9.90. The highest BCUT2D eigenvalue weighted by molar-refractivity contribution is 5.85. The summed E-state index contributed by atoms with van der Waals surface area (Å²) in [6.45, 7) is 4.31. The van der Waals surface area contributed by atoms with E-state index >= 15 is 0 Å². The molecular weight excluding hydrogens is 222 g/mol. The lowest BCUT2D eigenvalue weighted by atomic mass is 9.96. The van der Waals surface area contributed by atoms with E-state index in [1.165, 1.54) is 0 Å². The van der Waals surface area contributed by atoms with E-state index in [4.69, 9.17) is 5.73 Å². The van der Waals surface area contributed by atoms with Crippen molar-refractivity contribution in [2.75, 3.05) is 0 Å². The van der Waals surface area contributed by atoms with Crippen molar-refractivity contribution in [1.82, 2.24) is 0 Å². The van der Waals surface area contributed by atoms with Crippen molar-refractivity contribution in [1.29, 1.82) is 0 Å². The summed E-state index contributed by atoms with van der Waals surface area (Å²) in [6.07, 6.45) is 1.35. The first kappa shape index (κ1) is 15.4. The van der Waals surface area contributed by atoms with Gasteiger partial charge in [0.15, 0.2) is 0 Å². The number of rotatable bonds is 5. The standard InChI is InChI=1S/C13H21NO.ClH/c1-10(2)8-9-12(15)13(14)11-6-4-3-5-7-11;/h3-7,10,12-13,15H,8-9,14H2,1-2H3;1H/t12-,13+;/m0./s1. The first-order valence-electron chi connectivity index (χ1n) is 5.60. The van der Waals surface area contributed by atoms with Crippen LogP contribution in [0.25, 0.3) is 0 Å². The highest BCUT2D eigenvalue weighted by Gasteiger charge is 2.16. The van der Waals surface area contributed by atoms with E-state index in [-0.39, 0.29) is 18.4 Å². The van der Waals surface area contributed by atoms with Gasteiger partial charge in [0.05, 0.1) is 12.1 Å². The van der Waals surface area contributed by atoms with Gasteiger partial charge in [0.25, 0.3) is 0 Å². The van der Waals surface area contributed by atoms with Crippen LogP contribution in [0.3, 0.4) is 0 Å². The molecule has 0 fully saturated rings. The topological polar surface area (TPSA) is 46.2 Å². The molecule has 1 aromatic rings. The van der Waals surface area contributed by atoms with Gasteiger partial charge in [-0.1, -0.05) is 44.2 Å². The Kier molecular flexibility index (Phi) is 7.39. The number of nitrogens with two attached hydrogens (primary N) is 1. The number of aliphatic hydroxyl groups excluding tert-OH is 1. The molecule has 0 heterocycles. The summed E-state index contributed by atoms with van der Waals surface area (Å²) in [5.41, 5.74) is 6.98. The Labute approximate surface area is 104 Å². The van der Waals surface area contributed by atoms with Crippen LogP contribution < -0.4 is 5.73 Å². The highest BCUT2D eigenvalue weighted by Crippen LogP contribution is 2.18. The molecule has 3 heteroatoms. The lowest BCUT2D eigenvalue weighted by Gasteiger charge is -2.19. The third-order valence-corrected chi connectivity index (χ3v) is 2.64. The SMILES string of the molecule is CC(C)CC[C@H](O)[C@H](N)c1ccccc1.Cl. The molecule has 0 saturated carbocycles. The zero-order chi connectivity index (χ0) is 11.3. The minimum Gasteiger partial charge on any atom is -0.391 e. The molecule has 0 spiro atoms. The van der Waals surface area contributed by atoms with Crippen LogP contribution in [-0.4, -0.2) is 11.2 Å². The normalized spacial score (nSPS) is 14.3. The highest BCUT2D eigenvalue weighted by atomic mass is 35.5. The molecule has 1 aromatic carbocycles. The third-order valence-electron chi connectivity index (χ3n) is 2.64. The van der Waals surface area contributed by atoms with Crippen molar-refractivity contribution in [2.45, 2.75) is 38.8 Å². The minimum absolute atomic E-state index is 0. The summed E-state index contributed by atoms with van der Waals surface area (Å²) in [5.74, 6) is 0.614. The average Bonchev–Trinajstić information content (AvgIpc) is 2.26. The van der Waals surface area contributed by atoms with Crippen LogP contribution in [0.15, 0.2) is 30.3 Å². The van der Waals surface area contributed by atoms with Crippen LogP contribution in [0.4, 0.5) is 0 Å². The molecular formula is C13H22ClNO. The van der Waals surface area contributed by atoms with Crippen molar-refractivity contribution >= 4 is 12.4 Å². The zero-order valence-corrected chi connectivity index (χ0v) is 10.8. The Balaban J connectivity index is 0.00000225. The summed E-state index contributed by atoms with van der Waals surface area (Å²) in [5, 5.41) is 9.90. The van der Waals surface area contributed by atoms with Crippen molar-refractivity contribution in [3.8, 4) is 0 Å². The fraction of sp³-hybridized carbons (Fsp3) is 0.538. The molecule has 0 radical (unpaired) electrons. The molecule has 3 N–H and O–H groups in total. The van der Waals surface area contributed by atoms with Gasteiger partial charge in [-0.05, 0) is 24.3 Å². The lowest BCUT2D eigenvalue weighted by Crippen LogP contribution is -2.26. The number of hydrogen-bond acceptors (Lipinski definition) is 2. The van der Waals surface area contributed by atoms with Gasteiger partial charge in [-0.2, -0.15) is 0 Å². The summed E-state index contributed by atoms with van der Waals surface area (Å²) in [6, 6.07) is 9.52. The molecule has 0 saturated heterocycles. The first-order valence-corrected chi connectivity index (χ1v) is 5.60. The Bertz CT molecular complexity index is 277. The molecule has 92 valence electrons. The predicted molar refractivity (Wildman–Crippen MR) is 70.7 cm³/mol. The Morgan fingerprint density at radius 2 is 1.69 bits per heavy atom. The predicted octanol–water partition coefficient (Wildman–Crippen LogP) is 2.91. The summed E-state index contributed by atoms with van der Waals surface area (Å²) in [4.78, 5) is 0. The molecule has 2 atom stereocenters. The second-order valence-electron chi connectivity index (χ2n) is 4.48. The summed E-state index contributed by atoms with van der Waals surface area (Å²) >= 11 is 0. The van der Waals surface area contributed by atoms with Gasteiger partial charge in [-0.15, -0.1) is 12.4 Å². The maximum atomic E-state index is 9.90. The van der Waals surface area contributed by atoms with Crippen molar-refractivity contribution in [2.24, 2.45) is 11.7 Å². The van der Waals surface area contributed by atoms with Gasteiger partial charge in [-0.3, -0.25) is 0 Å². The van der Waals surface area contributed by atoms with E-state index in [1.807, 2.05) is 30.3 Å². The van der Waals surface area contributed by atoms with Crippen LogP contribution >= 0.6 is 12.4 Å². The van der Waals surface area contributed by atoms with E-state index in [1.54, 1.807) is 0 Å². The van der Waals surface area contributed by atoms with Crippen LogP contribution in [0, 0.1) is 5.92 Å². The molecule has 0 aliphatic rings. The van der Waals surface area contributed by atoms with E-state index in [2.05, 4.69) is 13.8 Å². The molecule has 0 aliphatic heterocycles. The molecule has 1 rings (SSSR count). The molecule has 0 amide bonds. The number of hydrogen-bond donors (Lipinski definition) is 2. The number of halogens is 1.